The molecule has 0 N–H and O–H groups in total. The summed E-state index contributed by atoms with van der Waals surface area (Å²) in [5.74, 6) is 1.95. The number of hydrogen-bond acceptors (Lipinski definition) is 5. The minimum atomic E-state index is -0.133. The van der Waals surface area contributed by atoms with E-state index in [-0.39, 0.29) is 24.2 Å². The lowest BCUT2D eigenvalue weighted by atomic mass is 9.89. The summed E-state index contributed by atoms with van der Waals surface area (Å²) in [7, 11) is 3.49. The Bertz CT molecular complexity index is 571. The van der Waals surface area contributed by atoms with Crippen molar-refractivity contribution in [3.63, 3.8) is 0 Å². The molecule has 2 aliphatic heterocycles. The van der Waals surface area contributed by atoms with E-state index in [1.807, 2.05) is 19.1 Å². The maximum Gasteiger partial charge on any atom is 0.248 e. The highest BCUT2D eigenvalue weighted by molar-refractivity contribution is 5.76. The number of furan rings is 1. The second-order valence-corrected chi connectivity index (χ2v) is 7.25. The molecule has 3 rings (SSSR count). The summed E-state index contributed by atoms with van der Waals surface area (Å²) in [4.78, 5) is 15.6. The summed E-state index contributed by atoms with van der Waals surface area (Å²) < 4.78 is 17.6. The van der Waals surface area contributed by atoms with Gasteiger partial charge in [0.1, 0.15) is 18.1 Å². The van der Waals surface area contributed by atoms with E-state index < -0.39 is 0 Å². The van der Waals surface area contributed by atoms with Gasteiger partial charge in [-0.2, -0.15) is 0 Å². The first-order chi connectivity index (χ1) is 11.5. The first kappa shape index (κ1) is 17.5. The topological polar surface area (TPSA) is 55.2 Å². The SMILES string of the molecule is Cc1ccc(CN2CCC[C@]3(C[C@H](OCC(=O)N(C)C)CO3)C2)o1. The highest BCUT2D eigenvalue weighted by Gasteiger charge is 2.44. The Morgan fingerprint density at radius 3 is 3.00 bits per heavy atom. The average Bonchev–Trinajstić information content (AvgIpc) is 3.11. The normalized spacial score (nSPS) is 27.7. The van der Waals surface area contributed by atoms with Gasteiger partial charge >= 0.3 is 0 Å². The third-order valence-corrected chi connectivity index (χ3v) is 4.91. The first-order valence-corrected chi connectivity index (χ1v) is 8.69. The second kappa shape index (κ2) is 7.25. The zero-order valence-electron chi connectivity index (χ0n) is 14.9. The van der Waals surface area contributed by atoms with Crippen LogP contribution in [0.4, 0.5) is 0 Å². The molecule has 0 unspecified atom stereocenters. The van der Waals surface area contributed by atoms with E-state index in [0.29, 0.717) is 6.61 Å². The molecular weight excluding hydrogens is 308 g/mol. The molecule has 2 atom stereocenters. The Morgan fingerprint density at radius 1 is 1.46 bits per heavy atom. The van der Waals surface area contributed by atoms with E-state index in [1.54, 1.807) is 19.0 Å². The van der Waals surface area contributed by atoms with Crippen molar-refractivity contribution in [2.24, 2.45) is 0 Å². The van der Waals surface area contributed by atoms with Gasteiger partial charge in [0.15, 0.2) is 0 Å². The number of likely N-dealkylation sites (N-methyl/N-ethyl adjacent to an activating group) is 1. The number of amides is 1. The molecule has 0 radical (unpaired) electrons. The van der Waals surface area contributed by atoms with Crippen LogP contribution in [-0.2, 0) is 20.8 Å². The number of hydrogen-bond donors (Lipinski definition) is 0. The smallest absolute Gasteiger partial charge is 0.248 e. The standard InChI is InChI=1S/C18H28N2O4/c1-14-5-6-15(24-14)10-20-8-4-7-18(13-20)9-16(11-23-18)22-12-17(21)19(2)3/h5-6,16H,4,7-13H2,1-3H3/t16-,18-/m0/s1. The van der Waals surface area contributed by atoms with Crippen LogP contribution in [-0.4, -0.2) is 67.8 Å². The van der Waals surface area contributed by atoms with Gasteiger partial charge in [0.05, 0.1) is 24.9 Å². The molecule has 1 aromatic heterocycles. The zero-order chi connectivity index (χ0) is 17.2. The Hall–Kier alpha value is -1.37. The van der Waals surface area contributed by atoms with Gasteiger partial charge in [-0.05, 0) is 38.4 Å². The van der Waals surface area contributed by atoms with Crippen LogP contribution >= 0.6 is 0 Å². The minimum Gasteiger partial charge on any atom is -0.465 e. The molecule has 6 nitrogen and oxygen atoms in total. The minimum absolute atomic E-state index is 0.00518. The second-order valence-electron chi connectivity index (χ2n) is 7.25. The molecule has 6 heteroatoms. The number of rotatable bonds is 5. The fourth-order valence-electron chi connectivity index (χ4n) is 3.63. The molecule has 1 spiro atoms. The van der Waals surface area contributed by atoms with E-state index in [1.165, 1.54) is 0 Å². The van der Waals surface area contributed by atoms with Gasteiger partial charge in [0, 0.05) is 27.1 Å². The van der Waals surface area contributed by atoms with Gasteiger partial charge in [-0.3, -0.25) is 9.69 Å². The highest BCUT2D eigenvalue weighted by atomic mass is 16.6. The van der Waals surface area contributed by atoms with E-state index >= 15 is 0 Å². The summed E-state index contributed by atoms with van der Waals surface area (Å²) in [6, 6.07) is 4.05. The van der Waals surface area contributed by atoms with Gasteiger partial charge in [-0.25, -0.2) is 0 Å². The van der Waals surface area contributed by atoms with Crippen LogP contribution in [0.5, 0.6) is 0 Å². The third kappa shape index (κ3) is 4.18. The van der Waals surface area contributed by atoms with Gasteiger partial charge in [0.2, 0.25) is 5.91 Å². The first-order valence-electron chi connectivity index (χ1n) is 8.69. The van der Waals surface area contributed by atoms with Crippen molar-refractivity contribution in [2.75, 3.05) is 40.4 Å². The van der Waals surface area contributed by atoms with Crippen molar-refractivity contribution in [1.29, 1.82) is 0 Å². The Balaban J connectivity index is 1.51. The molecule has 1 aromatic rings. The predicted molar refractivity (Wildman–Crippen MR) is 89.7 cm³/mol. The Labute approximate surface area is 143 Å². The molecule has 134 valence electrons. The average molecular weight is 336 g/mol. The lowest BCUT2D eigenvalue weighted by molar-refractivity contribution is -0.135. The maximum absolute atomic E-state index is 11.7. The monoisotopic (exact) mass is 336 g/mol. The van der Waals surface area contributed by atoms with Gasteiger partial charge in [-0.1, -0.05) is 0 Å². The lowest BCUT2D eigenvalue weighted by Crippen LogP contribution is -2.47. The summed E-state index contributed by atoms with van der Waals surface area (Å²) in [5.41, 5.74) is -0.133. The van der Waals surface area contributed by atoms with Crippen LogP contribution in [0.3, 0.4) is 0 Å². The van der Waals surface area contributed by atoms with Crippen LogP contribution in [0.2, 0.25) is 0 Å². The molecule has 2 saturated heterocycles. The van der Waals surface area contributed by atoms with Crippen LogP contribution in [0, 0.1) is 6.92 Å². The number of carbonyl (C=O) groups excluding carboxylic acids is 1. The predicted octanol–water partition coefficient (Wildman–Crippen LogP) is 1.82. The number of piperidine rings is 1. The molecule has 24 heavy (non-hydrogen) atoms. The quantitative estimate of drug-likeness (QED) is 0.821. The molecule has 2 aliphatic rings. The molecule has 0 bridgehead atoms. The fraction of sp³-hybridized carbons (Fsp3) is 0.722. The molecule has 0 aliphatic carbocycles. The van der Waals surface area contributed by atoms with Crippen molar-refractivity contribution in [3.05, 3.63) is 23.7 Å². The summed E-state index contributed by atoms with van der Waals surface area (Å²) >= 11 is 0. The zero-order valence-corrected chi connectivity index (χ0v) is 14.9. The lowest BCUT2D eigenvalue weighted by Gasteiger charge is -2.39. The number of ether oxygens (including phenoxy) is 2. The number of aryl methyl sites for hydroxylation is 1. The summed E-state index contributed by atoms with van der Waals surface area (Å²) in [5, 5.41) is 0. The molecule has 0 saturated carbocycles. The van der Waals surface area contributed by atoms with Crippen molar-refractivity contribution in [2.45, 2.75) is 44.4 Å². The van der Waals surface area contributed by atoms with Crippen molar-refractivity contribution in [3.8, 4) is 0 Å². The number of carbonyl (C=O) groups is 1. The van der Waals surface area contributed by atoms with E-state index in [2.05, 4.69) is 4.90 Å². The van der Waals surface area contributed by atoms with Crippen LogP contribution in [0.25, 0.3) is 0 Å². The van der Waals surface area contributed by atoms with E-state index in [0.717, 1.165) is 50.4 Å². The Morgan fingerprint density at radius 2 is 2.29 bits per heavy atom. The van der Waals surface area contributed by atoms with E-state index in [9.17, 15) is 4.79 Å². The van der Waals surface area contributed by atoms with Crippen molar-refractivity contribution < 1.29 is 18.7 Å². The van der Waals surface area contributed by atoms with Crippen LogP contribution < -0.4 is 0 Å². The van der Waals surface area contributed by atoms with Gasteiger partial charge in [-0.15, -0.1) is 0 Å². The molecule has 2 fully saturated rings. The largest absolute Gasteiger partial charge is 0.465 e. The number of likely N-dealkylation sites (tertiary alicyclic amines) is 1. The van der Waals surface area contributed by atoms with Crippen molar-refractivity contribution in [1.82, 2.24) is 9.80 Å². The molecule has 0 aromatic carbocycles. The summed E-state index contributed by atoms with van der Waals surface area (Å²) in [6.07, 6.45) is 3.05. The molecule has 3 heterocycles. The molecular formula is C18H28N2O4. The third-order valence-electron chi connectivity index (χ3n) is 4.91. The Kier molecular flexibility index (Phi) is 5.27. The van der Waals surface area contributed by atoms with Crippen LogP contribution in [0.1, 0.15) is 30.8 Å². The summed E-state index contributed by atoms with van der Waals surface area (Å²) in [6.45, 7) is 5.46. The maximum atomic E-state index is 11.7. The van der Waals surface area contributed by atoms with Gasteiger partial charge < -0.3 is 18.8 Å². The van der Waals surface area contributed by atoms with E-state index in [4.69, 9.17) is 13.9 Å². The molecule has 1 amide bonds. The van der Waals surface area contributed by atoms with Gasteiger partial charge in [0.25, 0.3) is 0 Å². The fourth-order valence-corrected chi connectivity index (χ4v) is 3.63. The highest BCUT2D eigenvalue weighted by Crippen LogP contribution is 2.36. The van der Waals surface area contributed by atoms with Crippen LogP contribution in [0.15, 0.2) is 16.5 Å². The van der Waals surface area contributed by atoms with Crippen molar-refractivity contribution >= 4 is 5.91 Å². The number of nitrogens with zero attached hydrogens (tertiary/aromatic N) is 2.